The van der Waals surface area contributed by atoms with Crippen LogP contribution in [0.5, 0.6) is 11.5 Å². The van der Waals surface area contributed by atoms with Gasteiger partial charge in [-0.15, -0.1) is 0 Å². The second-order valence-corrected chi connectivity index (χ2v) is 35.4. The van der Waals surface area contributed by atoms with Crippen molar-refractivity contribution in [3.63, 3.8) is 0 Å². The summed E-state index contributed by atoms with van der Waals surface area (Å²) < 4.78 is 21.2. The zero-order valence-electron chi connectivity index (χ0n) is 83.0. The summed E-state index contributed by atoms with van der Waals surface area (Å²) >= 11 is 0. The molecule has 5 amide bonds. The molecule has 17 aromatic rings. The number of carbonyl (C=O) groups is 7. The van der Waals surface area contributed by atoms with Crippen LogP contribution in [0.2, 0.25) is 0 Å². The summed E-state index contributed by atoms with van der Waals surface area (Å²) in [5, 5.41) is 64.0. The number of nitrogens with zero attached hydrogens (tertiary/aromatic N) is 10. The van der Waals surface area contributed by atoms with Crippen molar-refractivity contribution in [1.29, 1.82) is 5.26 Å². The molecule has 5 aromatic heterocycles. The van der Waals surface area contributed by atoms with Gasteiger partial charge in [-0.3, -0.25) is 53.7 Å². The Kier molecular flexibility index (Phi) is 36.2. The van der Waals surface area contributed by atoms with Crippen LogP contribution in [0.25, 0.3) is 55.9 Å². The number of anilines is 5. The maximum atomic E-state index is 12.9. The molecule has 9 N–H and O–H groups in total. The number of carbonyl (C=O) groups excluding carboxylic acids is 7. The number of ketones is 1. The largest absolute Gasteiger partial charge is 0.496 e. The van der Waals surface area contributed by atoms with Crippen LogP contribution in [0.1, 0.15) is 173 Å². The Hall–Kier alpha value is -18.2. The van der Waals surface area contributed by atoms with E-state index in [2.05, 4.69) is 79.7 Å². The number of nitriles is 1. The van der Waals surface area contributed by atoms with E-state index in [4.69, 9.17) is 28.6 Å². The van der Waals surface area contributed by atoms with E-state index in [-0.39, 0.29) is 74.1 Å². The van der Waals surface area contributed by atoms with Gasteiger partial charge in [0.05, 0.1) is 128 Å². The lowest BCUT2D eigenvalue weighted by molar-refractivity contribution is -0.115. The van der Waals surface area contributed by atoms with Crippen LogP contribution in [0.3, 0.4) is 0 Å². The number of aromatic nitrogens is 9. The molecule has 0 saturated heterocycles. The Morgan fingerprint density at radius 3 is 1.40 bits per heavy atom. The molecule has 18 rings (SSSR count). The molecule has 0 fully saturated rings. The number of cyclic esters (lactones) is 1. The molecule has 12 aromatic carbocycles. The van der Waals surface area contributed by atoms with Crippen LogP contribution in [-0.4, -0.2) is 121 Å². The van der Waals surface area contributed by atoms with Crippen molar-refractivity contribution in [3.05, 3.63) is 428 Å². The average Bonchev–Trinajstić information content (AvgIpc) is 1.10. The number of hydrogen-bond acceptors (Lipinski definition) is 25. The number of fused-ring (bicyclic) bond motifs is 2. The van der Waals surface area contributed by atoms with Gasteiger partial charge in [-0.1, -0.05) is 158 Å². The van der Waals surface area contributed by atoms with Crippen LogP contribution in [0, 0.1) is 18.3 Å². The molecule has 30 nitrogen and oxygen atoms in total. The number of methoxy groups -OCH3 is 2. The number of oxazole rings is 1. The van der Waals surface area contributed by atoms with E-state index in [0.717, 1.165) is 146 Å². The van der Waals surface area contributed by atoms with Crippen LogP contribution >= 0.6 is 0 Å². The molecule has 0 atom stereocenters. The number of hydrogen-bond donors (Lipinski definition) is 9. The van der Waals surface area contributed by atoms with E-state index in [1.165, 1.54) is 41.2 Å². The molecule has 1 aliphatic heterocycles. The summed E-state index contributed by atoms with van der Waals surface area (Å²) in [5.74, 6) is 0.796. The molecule has 0 aliphatic carbocycles. The van der Waals surface area contributed by atoms with Gasteiger partial charge >= 0.3 is 5.97 Å². The third-order valence-electron chi connectivity index (χ3n) is 23.8. The van der Waals surface area contributed by atoms with Gasteiger partial charge in [0.15, 0.2) is 17.9 Å². The van der Waals surface area contributed by atoms with Gasteiger partial charge in [0.1, 0.15) is 18.1 Å². The number of aliphatic hydroxyl groups is 4. The fourth-order valence-corrected chi connectivity index (χ4v) is 16.6. The molecule has 6 heterocycles. The second kappa shape index (κ2) is 50.7. The Labute approximate surface area is 855 Å². The summed E-state index contributed by atoms with van der Waals surface area (Å²) in [5.41, 5.74) is 25.2. The average molecular weight is 1980 g/mol. The number of aryl methyl sites for hydroxylation is 1. The summed E-state index contributed by atoms with van der Waals surface area (Å²) in [6.07, 6.45) is 19.8. The fourth-order valence-electron chi connectivity index (χ4n) is 16.6. The van der Waals surface area contributed by atoms with E-state index in [1.54, 1.807) is 87.1 Å². The minimum atomic E-state index is -0.664. The SMILES string of the molecule is CC(=O)Nc1cccc(-c2cncc(Cc3ccc4c(c3)C(=O)OC4)n2)c1.CC(=O)Nc1cccc(-c2cncc(Cc3cccc(-c4cnco4)c3)n2)c1.COc1cc(Cc2cncc(-c3cccc(NC(C)=O)c3)n2)cc(CO)c1CO.COc1cc(Cc2cncc(Cc3cccc4c(NC(C)=O)cccc34)n2)cc(CO)c1CO.Cc1ccc(CC(=O)c2cccc(C(C)(C)C#N)c2)cc1C(=O)Nc1ccccc1. The minimum absolute atomic E-state index is 0.0520. The Balaban J connectivity index is 0.000000146. The number of aliphatic hydroxyl groups excluding tert-OH is 4. The number of benzene rings is 12. The van der Waals surface area contributed by atoms with E-state index < -0.39 is 5.41 Å². The molecule has 30 heteroatoms. The second-order valence-electron chi connectivity index (χ2n) is 35.4. The van der Waals surface area contributed by atoms with Gasteiger partial charge in [-0.2, -0.15) is 5.26 Å². The smallest absolute Gasteiger partial charge is 0.338 e. The third kappa shape index (κ3) is 28.9. The summed E-state index contributed by atoms with van der Waals surface area (Å²) in [6, 6.07) is 79.8. The quantitative estimate of drug-likeness (QED) is 0.0149. The van der Waals surface area contributed by atoms with Gasteiger partial charge in [0, 0.05) is 181 Å². The number of nitrogens with one attached hydrogen (secondary N) is 5. The zero-order valence-corrected chi connectivity index (χ0v) is 83.0. The lowest BCUT2D eigenvalue weighted by Crippen LogP contribution is -2.15. The first-order valence-corrected chi connectivity index (χ1v) is 47.3. The van der Waals surface area contributed by atoms with Crippen molar-refractivity contribution in [3.8, 4) is 62.7 Å². The van der Waals surface area contributed by atoms with Gasteiger partial charge in [0.2, 0.25) is 23.6 Å². The van der Waals surface area contributed by atoms with E-state index >= 15 is 0 Å². The molecule has 0 saturated carbocycles. The van der Waals surface area contributed by atoms with Crippen molar-refractivity contribution >= 4 is 80.5 Å². The Morgan fingerprint density at radius 1 is 0.412 bits per heavy atom. The van der Waals surface area contributed by atoms with Gasteiger partial charge in [-0.05, 0) is 173 Å². The van der Waals surface area contributed by atoms with E-state index in [0.29, 0.717) is 106 Å². The maximum Gasteiger partial charge on any atom is 0.338 e. The Bertz CT molecular complexity index is 7670. The van der Waals surface area contributed by atoms with Crippen LogP contribution in [0.4, 0.5) is 28.4 Å². The van der Waals surface area contributed by atoms with Crippen molar-refractivity contribution in [1.82, 2.24) is 44.9 Å². The van der Waals surface area contributed by atoms with Crippen LogP contribution in [-0.2, 0) is 101 Å². The van der Waals surface area contributed by atoms with Gasteiger partial charge in [-0.25, -0.2) is 24.7 Å². The summed E-state index contributed by atoms with van der Waals surface area (Å²) in [7, 11) is 3.07. The van der Waals surface area contributed by atoms with Crippen molar-refractivity contribution in [2.45, 2.75) is 125 Å². The highest BCUT2D eigenvalue weighted by Gasteiger charge is 2.25. The van der Waals surface area contributed by atoms with Crippen LogP contribution in [0.15, 0.2) is 315 Å². The van der Waals surface area contributed by atoms with Crippen LogP contribution < -0.4 is 36.1 Å². The Morgan fingerprint density at radius 2 is 0.885 bits per heavy atom. The predicted molar refractivity (Wildman–Crippen MR) is 565 cm³/mol. The topological polar surface area (TPSA) is 441 Å². The predicted octanol–water partition coefficient (Wildman–Crippen LogP) is 19.6. The van der Waals surface area contributed by atoms with E-state index in [9.17, 15) is 59.2 Å². The number of ether oxygens (including phenoxy) is 3. The fraction of sp³-hybridized carbons (Fsp3) is 0.178. The standard InChI is InChI=1S/C27H27N3O4.C26H24N2O2.C22H18N4O2.C22H23N3O4.C21H17N3O3/c1-17(33)29-26-8-4-6-23-19(5-3-7-24(23)26)12-22-14-28-13-21(30-22)10-18-9-20(15-31)25(16-32)27(11-18)34-2;1-18-12-13-19(14-23(18)25(30)28-22-10-5-4-6-11-22)15-24(29)20-8-7-9-21(16-20)26(2,3)17-27;1-15(27)25-19-7-3-5-17(10-19)21-12-23-11-20(26-21)9-16-4-2-6-18(8-16)22-13-24-14-28-22;1-14(28)24-18-5-3-4-16(9-18)21-11-23-10-19(25-21)7-15-6-17(12-26)20(13-27)22(8-15)29-2;1-13(25)23-17-4-2-3-15(9-17)20-11-22-10-18(24-20)7-14-5-6-16-12-27-21(26)19(16)8-14/h3-9,11,13-14,31-32H,10,12,15-16H2,1-2H3,(H,29,33);4-14,16H,15H2,1-3H3,(H,28,30);2-8,10-14H,9H2,1H3,(H,25,27);3-6,8-11,26-27H,7,12-13H2,1-2H3,(H,24,28);2-6,8-11H,7,12H2,1H3,(H,23,25). The summed E-state index contributed by atoms with van der Waals surface area (Å²) in [6.45, 7) is 11.0. The number of rotatable bonds is 30. The zero-order chi connectivity index (χ0) is 105. The highest BCUT2D eigenvalue weighted by atomic mass is 16.5. The van der Waals surface area contributed by atoms with Crippen molar-refractivity contribution in [2.24, 2.45) is 0 Å². The number of para-hydroxylation sites is 1. The van der Waals surface area contributed by atoms with Crippen molar-refractivity contribution in [2.75, 3.05) is 40.8 Å². The highest BCUT2D eigenvalue weighted by molar-refractivity contribution is 6.06. The van der Waals surface area contributed by atoms with E-state index in [1.807, 2.05) is 233 Å². The maximum absolute atomic E-state index is 12.9. The molecule has 0 radical (unpaired) electrons. The first kappa shape index (κ1) is 106. The molecule has 0 bridgehead atoms. The third-order valence-corrected chi connectivity index (χ3v) is 23.8. The minimum Gasteiger partial charge on any atom is -0.496 e. The molecule has 1 aliphatic rings. The number of amides is 5. The lowest BCUT2D eigenvalue weighted by atomic mass is 9.85. The molecule has 0 unspecified atom stereocenters. The number of esters is 1. The molecule has 148 heavy (non-hydrogen) atoms. The molecular weight excluding hydrogens is 1870 g/mol. The molecule has 0 spiro atoms. The summed E-state index contributed by atoms with van der Waals surface area (Å²) in [4.78, 5) is 123. The molecular formula is C118H109N15O15. The monoisotopic (exact) mass is 1980 g/mol. The van der Waals surface area contributed by atoms with Gasteiger partial charge in [0.25, 0.3) is 5.91 Å². The normalized spacial score (nSPS) is 11.1. The number of Topliss-reactive ketones (excluding diaryl/α,β-unsaturated/α-hetero) is 1. The van der Waals surface area contributed by atoms with Gasteiger partial charge < -0.3 is 65.6 Å². The first-order chi connectivity index (χ1) is 71.6. The first-order valence-electron chi connectivity index (χ1n) is 47.3. The highest BCUT2D eigenvalue weighted by Crippen LogP contribution is 2.35. The van der Waals surface area contributed by atoms with Crippen molar-refractivity contribution < 1.29 is 72.6 Å². The molecule has 746 valence electrons. The lowest BCUT2D eigenvalue weighted by Gasteiger charge is -2.16.